The van der Waals surface area contributed by atoms with E-state index in [1.54, 1.807) is 20.8 Å². The molecule has 2 aromatic carbocycles. The highest BCUT2D eigenvalue weighted by molar-refractivity contribution is 5.89. The monoisotopic (exact) mass is 454 g/mol. The number of carboxylic acid groups (broad SMARTS) is 1. The molecule has 1 aliphatic carbocycles. The summed E-state index contributed by atoms with van der Waals surface area (Å²) < 4.78 is 10.5. The number of amides is 2. The van der Waals surface area contributed by atoms with Crippen molar-refractivity contribution in [3.63, 3.8) is 0 Å². The van der Waals surface area contributed by atoms with Crippen LogP contribution in [0.15, 0.2) is 48.5 Å². The Hall–Kier alpha value is -3.39. The van der Waals surface area contributed by atoms with Gasteiger partial charge in [-0.3, -0.25) is 4.79 Å². The Morgan fingerprint density at radius 2 is 1.52 bits per heavy atom. The van der Waals surface area contributed by atoms with Gasteiger partial charge in [-0.15, -0.1) is 0 Å². The normalized spacial score (nSPS) is 14.5. The van der Waals surface area contributed by atoms with E-state index in [0.717, 1.165) is 22.3 Å². The van der Waals surface area contributed by atoms with Crippen LogP contribution in [0.25, 0.3) is 11.1 Å². The number of hydrogen-bond acceptors (Lipinski definition) is 5. The van der Waals surface area contributed by atoms with Gasteiger partial charge in [-0.1, -0.05) is 69.3 Å². The van der Waals surface area contributed by atoms with Gasteiger partial charge in [0.25, 0.3) is 0 Å². The average Bonchev–Trinajstić information content (AvgIpc) is 3.08. The Balaban J connectivity index is 1.66. The number of hydrogen-bond donors (Lipinski definition) is 3. The molecule has 8 heteroatoms. The molecular weight excluding hydrogens is 424 g/mol. The van der Waals surface area contributed by atoms with Crippen LogP contribution in [-0.4, -0.2) is 55.5 Å². The van der Waals surface area contributed by atoms with Crippen molar-refractivity contribution >= 4 is 18.0 Å². The number of carbonyl (C=O) groups is 3. The van der Waals surface area contributed by atoms with E-state index in [4.69, 9.17) is 9.47 Å². The highest BCUT2D eigenvalue weighted by Gasteiger charge is 2.35. The molecule has 0 heterocycles. The van der Waals surface area contributed by atoms with Gasteiger partial charge >= 0.3 is 12.1 Å². The summed E-state index contributed by atoms with van der Waals surface area (Å²) in [4.78, 5) is 36.8. The van der Waals surface area contributed by atoms with Crippen molar-refractivity contribution in [1.82, 2.24) is 10.6 Å². The van der Waals surface area contributed by atoms with Gasteiger partial charge in [-0.05, 0) is 27.7 Å². The topological polar surface area (TPSA) is 114 Å². The summed E-state index contributed by atoms with van der Waals surface area (Å²) >= 11 is 0. The molecule has 0 saturated heterocycles. The molecule has 0 radical (unpaired) electrons. The fraction of sp³-hybridized carbons (Fsp3) is 0.400. The van der Waals surface area contributed by atoms with Gasteiger partial charge in [-0.25, -0.2) is 9.59 Å². The number of methoxy groups -OCH3 is 1. The predicted octanol–water partition coefficient (Wildman–Crippen LogP) is 3.16. The number of alkyl carbamates (subject to hydrolysis) is 1. The fourth-order valence-corrected chi connectivity index (χ4v) is 4.02. The van der Waals surface area contributed by atoms with Crippen molar-refractivity contribution in [1.29, 1.82) is 0 Å². The molecule has 8 nitrogen and oxygen atoms in total. The minimum Gasteiger partial charge on any atom is -0.480 e. The summed E-state index contributed by atoms with van der Waals surface area (Å²) in [6.07, 6.45) is -0.781. The smallest absolute Gasteiger partial charge is 0.407 e. The maximum atomic E-state index is 12.7. The first kappa shape index (κ1) is 24.3. The van der Waals surface area contributed by atoms with E-state index in [9.17, 15) is 19.5 Å². The zero-order valence-corrected chi connectivity index (χ0v) is 19.3. The summed E-state index contributed by atoms with van der Waals surface area (Å²) in [7, 11) is 1.39. The lowest BCUT2D eigenvalue weighted by Crippen LogP contribution is -2.56. The van der Waals surface area contributed by atoms with Gasteiger partial charge in [0.05, 0.1) is 6.61 Å². The van der Waals surface area contributed by atoms with E-state index >= 15 is 0 Å². The Kier molecular flexibility index (Phi) is 7.38. The Morgan fingerprint density at radius 3 is 2.00 bits per heavy atom. The molecule has 0 aliphatic heterocycles. The molecule has 33 heavy (non-hydrogen) atoms. The third kappa shape index (κ3) is 5.51. The van der Waals surface area contributed by atoms with Crippen LogP contribution >= 0.6 is 0 Å². The third-order valence-electron chi connectivity index (χ3n) is 5.69. The predicted molar refractivity (Wildman–Crippen MR) is 123 cm³/mol. The Bertz CT molecular complexity index is 984. The molecule has 2 amide bonds. The van der Waals surface area contributed by atoms with Crippen LogP contribution in [0, 0.1) is 5.41 Å². The van der Waals surface area contributed by atoms with E-state index in [1.165, 1.54) is 7.11 Å². The first-order valence-corrected chi connectivity index (χ1v) is 10.8. The molecule has 0 saturated carbocycles. The van der Waals surface area contributed by atoms with Crippen molar-refractivity contribution in [2.45, 2.75) is 38.8 Å². The molecule has 1 aliphatic rings. The van der Waals surface area contributed by atoms with Crippen LogP contribution in [0.2, 0.25) is 0 Å². The lowest BCUT2D eigenvalue weighted by molar-refractivity contribution is -0.145. The molecule has 0 aromatic heterocycles. The molecule has 3 N–H and O–H groups in total. The zero-order valence-electron chi connectivity index (χ0n) is 19.3. The number of carboxylic acids is 1. The lowest BCUT2D eigenvalue weighted by atomic mass is 9.86. The van der Waals surface area contributed by atoms with Crippen LogP contribution in [0.5, 0.6) is 0 Å². The van der Waals surface area contributed by atoms with Gasteiger partial charge in [0.15, 0.2) is 0 Å². The quantitative estimate of drug-likeness (QED) is 0.565. The van der Waals surface area contributed by atoms with Gasteiger partial charge in [0.2, 0.25) is 5.91 Å². The van der Waals surface area contributed by atoms with Crippen LogP contribution in [0.3, 0.4) is 0 Å². The number of fused-ring (bicyclic) bond motifs is 3. The summed E-state index contributed by atoms with van der Waals surface area (Å²) in [6, 6.07) is 13.7. The number of benzene rings is 2. The Morgan fingerprint density at radius 1 is 0.970 bits per heavy atom. The van der Waals surface area contributed by atoms with Crippen molar-refractivity contribution in [2.75, 3.05) is 20.3 Å². The van der Waals surface area contributed by atoms with E-state index in [1.807, 2.05) is 48.5 Å². The second kappa shape index (κ2) is 10.0. The molecule has 2 atom stereocenters. The van der Waals surface area contributed by atoms with E-state index < -0.39 is 35.5 Å². The highest BCUT2D eigenvalue weighted by atomic mass is 16.5. The lowest BCUT2D eigenvalue weighted by Gasteiger charge is -2.29. The standard InChI is InChI=1S/C25H30N2O6/c1-25(2,3)21(23(29)30)27-22(28)20(14-32-4)26-24(31)33-13-19-17-11-7-5-9-15(17)16-10-6-8-12-18(16)19/h5-12,19-21H,13-14H2,1-4H3,(H,26,31)(H,27,28)(H,29,30)/t20-,21+/m0/s1. The van der Waals surface area contributed by atoms with Gasteiger partial charge in [0, 0.05) is 13.0 Å². The maximum Gasteiger partial charge on any atom is 0.407 e. The van der Waals surface area contributed by atoms with Crippen molar-refractivity contribution in [3.8, 4) is 11.1 Å². The summed E-state index contributed by atoms with van der Waals surface area (Å²) in [5, 5.41) is 14.4. The molecule has 0 unspecified atom stereocenters. The van der Waals surface area contributed by atoms with E-state index in [2.05, 4.69) is 10.6 Å². The summed E-state index contributed by atoms with van der Waals surface area (Å²) in [5.74, 6) is -1.93. The second-order valence-corrected chi connectivity index (χ2v) is 9.12. The van der Waals surface area contributed by atoms with Crippen LogP contribution in [0.1, 0.15) is 37.8 Å². The summed E-state index contributed by atoms with van der Waals surface area (Å²) in [5.41, 5.74) is 3.66. The molecule has 3 rings (SSSR count). The van der Waals surface area contributed by atoms with Gasteiger partial charge in [-0.2, -0.15) is 0 Å². The van der Waals surface area contributed by atoms with E-state index in [-0.39, 0.29) is 19.1 Å². The number of carbonyl (C=O) groups excluding carboxylic acids is 2. The molecule has 0 fully saturated rings. The molecule has 0 spiro atoms. The van der Waals surface area contributed by atoms with Gasteiger partial charge < -0.3 is 25.2 Å². The highest BCUT2D eigenvalue weighted by Crippen LogP contribution is 2.44. The zero-order chi connectivity index (χ0) is 24.2. The molecule has 0 bridgehead atoms. The maximum absolute atomic E-state index is 12.7. The molecule has 2 aromatic rings. The number of rotatable bonds is 8. The summed E-state index contributed by atoms with van der Waals surface area (Å²) in [6.45, 7) is 5.08. The largest absolute Gasteiger partial charge is 0.480 e. The van der Waals surface area contributed by atoms with Gasteiger partial charge in [0.1, 0.15) is 18.7 Å². The first-order chi connectivity index (χ1) is 15.6. The third-order valence-corrected chi connectivity index (χ3v) is 5.69. The first-order valence-electron chi connectivity index (χ1n) is 10.8. The SMILES string of the molecule is COC[C@H](NC(=O)OCC1c2ccccc2-c2ccccc21)C(=O)N[C@H](C(=O)O)C(C)(C)C. The van der Waals surface area contributed by atoms with Crippen molar-refractivity contribution in [3.05, 3.63) is 59.7 Å². The fourth-order valence-electron chi connectivity index (χ4n) is 4.02. The number of ether oxygens (including phenoxy) is 2. The second-order valence-electron chi connectivity index (χ2n) is 9.12. The Labute approximate surface area is 193 Å². The van der Waals surface area contributed by atoms with Crippen LogP contribution < -0.4 is 10.6 Å². The number of nitrogens with one attached hydrogen (secondary N) is 2. The average molecular weight is 455 g/mol. The minimum absolute atomic E-state index is 0.0981. The number of aliphatic carboxylic acids is 1. The van der Waals surface area contributed by atoms with E-state index in [0.29, 0.717) is 0 Å². The van der Waals surface area contributed by atoms with Crippen LogP contribution in [-0.2, 0) is 19.1 Å². The van der Waals surface area contributed by atoms with Crippen LogP contribution in [0.4, 0.5) is 4.79 Å². The minimum atomic E-state index is -1.16. The van der Waals surface area contributed by atoms with Crippen molar-refractivity contribution in [2.24, 2.45) is 5.41 Å². The molecule has 176 valence electrons. The van der Waals surface area contributed by atoms with Crippen molar-refractivity contribution < 1.29 is 29.0 Å². The molecular formula is C25H30N2O6.